The molecule has 21 nitrogen and oxygen atoms in total. The Balaban J connectivity index is -0.000000106. The van der Waals surface area contributed by atoms with Gasteiger partial charge in [-0.05, 0) is 104 Å². The fraction of sp³-hybridized carbons (Fsp3) is 0.780. The molecule has 544 valence electrons. The van der Waals surface area contributed by atoms with E-state index in [2.05, 4.69) is 72.5 Å². The van der Waals surface area contributed by atoms with E-state index < -0.39 is 68.5 Å². The van der Waals surface area contributed by atoms with Gasteiger partial charge in [-0.15, -0.1) is 50.1 Å². The van der Waals surface area contributed by atoms with Crippen LogP contribution >= 0.6 is 54.7 Å². The van der Waals surface area contributed by atoms with Crippen molar-refractivity contribution in [3.8, 4) is 0 Å². The second kappa shape index (κ2) is 62.2. The minimum Gasteiger partial charge on any atom is -1.00 e. The molecule has 6 heterocycles. The normalized spacial score (nSPS) is 27.5. The van der Waals surface area contributed by atoms with Crippen LogP contribution < -0.4 is 0 Å². The molecule has 3 N–H and O–H groups in total. The van der Waals surface area contributed by atoms with Gasteiger partial charge in [-0.25, -0.2) is 48.8 Å². The van der Waals surface area contributed by atoms with Crippen molar-refractivity contribution in [3.05, 3.63) is 76.3 Å². The molecular weight excluding hydrogens is 2170 g/mol. The second-order valence-corrected chi connectivity index (χ2v) is 44.7. The van der Waals surface area contributed by atoms with Crippen LogP contribution in [0.15, 0.2) is 36.6 Å². The Morgan fingerprint density at radius 3 is 1.31 bits per heavy atom. The molecule has 0 aliphatic carbocycles. The molecular formula is C59H115Ba6ClFO21P3S3Si2. The first-order valence-corrected chi connectivity index (χ1v) is 45.2. The third-order valence-corrected chi connectivity index (χ3v) is 33.2. The van der Waals surface area contributed by atoms with Crippen molar-refractivity contribution in [1.82, 2.24) is 0 Å². The maximum atomic E-state index is 13.5. The standard InChI is InChI=1S/C21H39O6PSSi.C17H33O6PSSi.C14H23O7PS.C5H7ClO2.CH3F.CH4.6Ba.6H/c1-8-10-15-29-28(22,26-18-11-13-23-17(18)9-2)25-16-20-19(12-14-24-20)27-30(6,7)21(3,4)5;1-7-13-14(8-10-19-13)22-24(18,25)21-12-16-15(9-11-20-16)23-26(5,6)17(2,3)4;1-2-3-8-23-22(17,20-10-14-11(16)4-6-19-14)21-12-5-7-18-13(12)9-15;1-5(7)8-4-2-3-6;1-2;;;;;;;;;;;;;/h8,10,13-14,17-20H,9,11-12,15-16H2,1-7H3;10-11,13-16H,7-9,12H2,1-6H3,(H,18,25);2-3,6-7,11-16H,4-5,8-10H2,1H3;2,4H,3H2,1H3;1H3;1H4;;;;;;;;;;;;/q3*-2;;;;6*+2;6*-1/b10-8+;;3-2+;4-2+;;;;;;;;;;;;;;/t17-,18?,19?,20-,28+;13-,14?,15?,16-,24?;11?,12?,13-,14-,22+;;;;;;;;;;;;;;;/m111.............../s1/i;;;;1D;;;;;;;;;;;;;. The Morgan fingerprint density at radius 2 is 0.969 bits per heavy atom. The quantitative estimate of drug-likeness (QED) is 0.0115. The molecule has 6 saturated heterocycles. The van der Waals surface area contributed by atoms with E-state index in [0.717, 1.165) is 24.2 Å². The first-order chi connectivity index (χ1) is 42.2. The monoisotopic (exact) mass is 2290 g/mol. The van der Waals surface area contributed by atoms with Gasteiger partial charge in [0.15, 0.2) is 16.6 Å². The maximum Gasteiger partial charge on any atom is 2.00 e. The third kappa shape index (κ3) is 46.4. The summed E-state index contributed by atoms with van der Waals surface area (Å²) < 4.78 is 127. The molecule has 0 spiro atoms. The van der Waals surface area contributed by atoms with Crippen molar-refractivity contribution >= 4 is 382 Å². The predicted molar refractivity (Wildman–Crippen MR) is 406 cm³/mol. The van der Waals surface area contributed by atoms with E-state index in [1.165, 1.54) is 37.8 Å². The van der Waals surface area contributed by atoms with Gasteiger partial charge >= 0.3 is 320 Å². The van der Waals surface area contributed by atoms with Crippen LogP contribution in [0.3, 0.4) is 0 Å². The van der Waals surface area contributed by atoms with Crippen molar-refractivity contribution in [2.24, 2.45) is 0 Å². The van der Waals surface area contributed by atoms with Crippen LogP contribution in [-0.2, 0) is 94.9 Å². The molecule has 6 fully saturated rings. The largest absolute Gasteiger partial charge is 2.00 e. The molecule has 0 saturated carbocycles. The number of hydrogen-bond acceptors (Lipinski definition) is 23. The molecule has 15 atom stereocenters. The van der Waals surface area contributed by atoms with E-state index in [4.69, 9.17) is 89.2 Å². The van der Waals surface area contributed by atoms with E-state index in [1.807, 2.05) is 52.0 Å². The van der Waals surface area contributed by atoms with Crippen LogP contribution in [0.2, 0.25) is 36.3 Å². The molecule has 6 rings (SSSR count). The zero-order valence-corrected chi connectivity index (χ0v) is 93.5. The maximum absolute atomic E-state index is 13.5. The molecule has 0 aromatic rings. The third-order valence-electron chi connectivity index (χ3n) is 15.1. The molecule has 7 unspecified atom stereocenters. The van der Waals surface area contributed by atoms with Crippen LogP contribution in [0, 0.1) is 39.6 Å². The summed E-state index contributed by atoms with van der Waals surface area (Å²) in [5.74, 6) is 1.07. The van der Waals surface area contributed by atoms with Crippen molar-refractivity contribution in [1.29, 1.82) is 0 Å². The minimum absolute atomic E-state index is 0. The average Bonchev–Trinajstić information content (AvgIpc) is 1.57. The van der Waals surface area contributed by atoms with Crippen LogP contribution in [0.1, 0.15) is 145 Å². The van der Waals surface area contributed by atoms with Gasteiger partial charge in [0.25, 0.3) is 0 Å². The van der Waals surface area contributed by atoms with Crippen molar-refractivity contribution in [2.45, 2.75) is 244 Å². The summed E-state index contributed by atoms with van der Waals surface area (Å²) in [6, 6.07) is 0. The van der Waals surface area contributed by atoms with Crippen LogP contribution in [0.4, 0.5) is 4.39 Å². The summed E-state index contributed by atoms with van der Waals surface area (Å²) in [5, 5.41) is 19.2. The molecule has 96 heavy (non-hydrogen) atoms. The Bertz CT molecular complexity index is 2310. The van der Waals surface area contributed by atoms with Gasteiger partial charge in [0.05, 0.1) is 90.0 Å². The number of rotatable bonds is 30. The van der Waals surface area contributed by atoms with Crippen molar-refractivity contribution in [3.63, 3.8) is 0 Å². The number of halogens is 2. The van der Waals surface area contributed by atoms with Gasteiger partial charge in [-0.3, -0.25) is 27.3 Å². The van der Waals surface area contributed by atoms with Crippen LogP contribution in [0.5, 0.6) is 0 Å². The smallest absolute Gasteiger partial charge is 1.00 e. The summed E-state index contributed by atoms with van der Waals surface area (Å²) in [7, 11) is -4.86. The van der Waals surface area contributed by atoms with Crippen LogP contribution in [0.25, 0.3) is 0 Å². The molecule has 0 aromatic heterocycles. The van der Waals surface area contributed by atoms with Crippen LogP contribution in [-0.4, -0.2) is 455 Å². The fourth-order valence-electron chi connectivity index (χ4n) is 7.97. The van der Waals surface area contributed by atoms with Crippen molar-refractivity contribution < 1.29 is 113 Å². The van der Waals surface area contributed by atoms with Gasteiger partial charge in [-0.1, -0.05) is 87.1 Å². The van der Waals surface area contributed by atoms with E-state index in [9.17, 15) is 33.4 Å². The summed E-state index contributed by atoms with van der Waals surface area (Å²) in [6.45, 7) is 31.2. The van der Waals surface area contributed by atoms with E-state index in [-0.39, 0.29) is 401 Å². The number of esters is 1. The number of hydrogen-bond donors (Lipinski definition) is 3. The van der Waals surface area contributed by atoms with Gasteiger partial charge in [0, 0.05) is 48.7 Å². The number of carbonyl (C=O) groups is 1. The number of aliphatic hydroxyl groups is 2. The summed E-state index contributed by atoms with van der Waals surface area (Å²) in [5.41, 5.74) is 0. The molecule has 0 radical (unpaired) electrons. The van der Waals surface area contributed by atoms with E-state index >= 15 is 0 Å². The molecule has 6 aliphatic rings. The zero-order chi connectivity index (χ0) is 67.8. The van der Waals surface area contributed by atoms with Gasteiger partial charge in [0.1, 0.15) is 0 Å². The van der Waals surface area contributed by atoms with Gasteiger partial charge in [-0.2, -0.15) is 0 Å². The number of carbonyl (C=O) groups excluding carboxylic acids is 1. The second-order valence-electron chi connectivity index (χ2n) is 23.9. The Hall–Kier alpha value is 9.90. The molecule has 0 amide bonds. The summed E-state index contributed by atoms with van der Waals surface area (Å²) in [4.78, 5) is 20.4. The molecule has 37 heteroatoms. The number of alkyl halides is 2. The summed E-state index contributed by atoms with van der Waals surface area (Å²) >= 11 is 12.6. The summed E-state index contributed by atoms with van der Waals surface area (Å²) in [6.07, 6.45) is 11.7. The van der Waals surface area contributed by atoms with Gasteiger partial charge < -0.3 is 74.7 Å². The number of allylic oxidation sites excluding steroid dienone is 3. The number of ether oxygens (including phenoxy) is 7. The zero-order valence-electron chi connectivity index (χ0n) is 65.9. The Labute approximate surface area is 849 Å². The first-order valence-electron chi connectivity index (χ1n) is 30.7. The number of aliphatic hydroxyl groups excluding tert-OH is 2. The first kappa shape index (κ1) is 114. The molecule has 0 bridgehead atoms. The Morgan fingerprint density at radius 1 is 0.635 bits per heavy atom. The minimum atomic E-state index is -3.48. The van der Waals surface area contributed by atoms with E-state index in [0.29, 0.717) is 55.9 Å². The fourth-order valence-corrected chi connectivity index (χ4v) is 18.8. The SMILES string of the molecule is C.C/C=C/CS[P@@](=O)(OC[C@H]1O[CH-]CC1O)OC1C[CH-]O[C@@H]1CO.C/C=C/CS[P@@](=O)(OC[C@H]1O[CH-]CC1O[Si](C)(C)C(C)(C)C)OC1C[CH-]O[C@@H]1CC.CC(=O)O/C=C/CCl.CC[C@H]1O[CH-]CC1OP(O)(=S)OC[C@H]1O[CH-]CC1O[Si](C)(C)C(C)(C)C.[2H]CF.[Ba+2].[Ba+2].[Ba+2].[Ba+2].[Ba+2].[Ba+2].[H-].[H-].[H-].[H-].[H-].[H-]. The van der Waals surface area contributed by atoms with Crippen molar-refractivity contribution in [2.75, 3.05) is 51.0 Å². The molecule has 0 aromatic carbocycles. The van der Waals surface area contributed by atoms with E-state index in [1.54, 1.807) is 32.5 Å². The van der Waals surface area contributed by atoms with Gasteiger partial charge in [0.2, 0.25) is 0 Å². The Kier molecular flexibility index (Phi) is 74.2. The average molecular weight is 2290 g/mol. The molecule has 6 aliphatic heterocycles. The topological polar surface area (TPSA) is 250 Å². The predicted octanol–water partition coefficient (Wildman–Crippen LogP) is 13.8.